The number of aliphatic carboxylic acids is 1. The molecule has 4 heteroatoms. The van der Waals surface area contributed by atoms with Crippen LogP contribution in [0.2, 0.25) is 0 Å². The smallest absolute Gasteiger partial charge is 0.328 e. The zero-order valence-corrected chi connectivity index (χ0v) is 10.3. The molecule has 2 N–H and O–H groups in total. The molecule has 17 heavy (non-hydrogen) atoms. The van der Waals surface area contributed by atoms with Crippen LogP contribution in [0.15, 0.2) is 24.3 Å². The van der Waals surface area contributed by atoms with Gasteiger partial charge in [-0.3, -0.25) is 4.79 Å². The number of carbonyl (C=O) groups is 2. The van der Waals surface area contributed by atoms with E-state index in [4.69, 9.17) is 5.11 Å². The van der Waals surface area contributed by atoms with Crippen LogP contribution in [0.4, 0.5) is 0 Å². The Morgan fingerprint density at radius 1 is 1.35 bits per heavy atom. The van der Waals surface area contributed by atoms with Crippen molar-refractivity contribution in [1.82, 2.24) is 5.32 Å². The Kier molecular flexibility index (Phi) is 3.89. The molecular weight excluding hydrogens is 218 g/mol. The van der Waals surface area contributed by atoms with Crippen LogP contribution in [0, 0.1) is 6.92 Å². The second-order valence-electron chi connectivity index (χ2n) is 4.64. The SMILES string of the molecule is Cc1cccc(CC(=O)NC(C)(C)C(=O)O)c1. The van der Waals surface area contributed by atoms with Crippen molar-refractivity contribution in [3.05, 3.63) is 35.4 Å². The van der Waals surface area contributed by atoms with Gasteiger partial charge in [-0.15, -0.1) is 0 Å². The fourth-order valence-electron chi connectivity index (χ4n) is 1.45. The Labute approximate surface area is 101 Å². The van der Waals surface area contributed by atoms with Crippen molar-refractivity contribution in [2.75, 3.05) is 0 Å². The normalized spacial score (nSPS) is 11.0. The Bertz CT molecular complexity index is 438. The van der Waals surface area contributed by atoms with Crippen LogP contribution < -0.4 is 5.32 Å². The minimum Gasteiger partial charge on any atom is -0.480 e. The summed E-state index contributed by atoms with van der Waals surface area (Å²) in [6, 6.07) is 7.58. The van der Waals surface area contributed by atoms with E-state index in [1.54, 1.807) is 0 Å². The molecule has 4 nitrogen and oxygen atoms in total. The Balaban J connectivity index is 2.65. The first-order valence-corrected chi connectivity index (χ1v) is 5.41. The summed E-state index contributed by atoms with van der Waals surface area (Å²) in [6.07, 6.45) is 0.193. The molecule has 1 aromatic rings. The van der Waals surface area contributed by atoms with Crippen molar-refractivity contribution < 1.29 is 14.7 Å². The molecule has 0 saturated heterocycles. The van der Waals surface area contributed by atoms with E-state index < -0.39 is 11.5 Å². The Morgan fingerprint density at radius 2 is 2.00 bits per heavy atom. The highest BCUT2D eigenvalue weighted by Crippen LogP contribution is 2.07. The van der Waals surface area contributed by atoms with Crippen LogP contribution in [0.3, 0.4) is 0 Å². The van der Waals surface area contributed by atoms with Gasteiger partial charge in [0, 0.05) is 0 Å². The molecule has 0 aliphatic rings. The number of carbonyl (C=O) groups excluding carboxylic acids is 1. The molecule has 0 bridgehead atoms. The molecule has 1 amide bonds. The van der Waals surface area contributed by atoms with Crippen LogP contribution in [-0.4, -0.2) is 22.5 Å². The number of carboxylic acid groups (broad SMARTS) is 1. The molecule has 0 unspecified atom stereocenters. The van der Waals surface area contributed by atoms with Gasteiger partial charge in [0.25, 0.3) is 0 Å². The van der Waals surface area contributed by atoms with Crippen LogP contribution in [0.1, 0.15) is 25.0 Å². The zero-order valence-electron chi connectivity index (χ0n) is 10.3. The molecule has 0 heterocycles. The lowest BCUT2D eigenvalue weighted by Crippen LogP contribution is -2.50. The van der Waals surface area contributed by atoms with Gasteiger partial charge >= 0.3 is 5.97 Å². The molecule has 0 fully saturated rings. The van der Waals surface area contributed by atoms with Crippen molar-refractivity contribution in [3.63, 3.8) is 0 Å². The van der Waals surface area contributed by atoms with E-state index in [0.717, 1.165) is 11.1 Å². The van der Waals surface area contributed by atoms with Gasteiger partial charge in [0.2, 0.25) is 5.91 Å². The average Bonchev–Trinajstić information content (AvgIpc) is 2.15. The highest BCUT2D eigenvalue weighted by molar-refractivity contribution is 5.87. The predicted octanol–water partition coefficient (Wildman–Crippen LogP) is 1.52. The fraction of sp³-hybridized carbons (Fsp3) is 0.385. The van der Waals surface area contributed by atoms with Crippen molar-refractivity contribution >= 4 is 11.9 Å². The predicted molar refractivity (Wildman–Crippen MR) is 64.7 cm³/mol. The summed E-state index contributed by atoms with van der Waals surface area (Å²) in [5.41, 5.74) is 0.720. The average molecular weight is 235 g/mol. The first kappa shape index (κ1) is 13.2. The highest BCUT2D eigenvalue weighted by Gasteiger charge is 2.28. The van der Waals surface area contributed by atoms with Gasteiger partial charge < -0.3 is 10.4 Å². The van der Waals surface area contributed by atoms with E-state index in [9.17, 15) is 9.59 Å². The number of aryl methyl sites for hydroxylation is 1. The first-order chi connectivity index (χ1) is 7.81. The number of carboxylic acids is 1. The quantitative estimate of drug-likeness (QED) is 0.831. The maximum atomic E-state index is 11.7. The molecule has 0 saturated carbocycles. The third-order valence-corrected chi connectivity index (χ3v) is 2.43. The van der Waals surface area contributed by atoms with Gasteiger partial charge in [-0.2, -0.15) is 0 Å². The summed E-state index contributed by atoms with van der Waals surface area (Å²) >= 11 is 0. The summed E-state index contributed by atoms with van der Waals surface area (Å²) in [6.45, 7) is 4.87. The van der Waals surface area contributed by atoms with Crippen molar-refractivity contribution in [2.24, 2.45) is 0 Å². The third-order valence-electron chi connectivity index (χ3n) is 2.43. The zero-order chi connectivity index (χ0) is 13.1. The van der Waals surface area contributed by atoms with Gasteiger partial charge in [0.1, 0.15) is 5.54 Å². The van der Waals surface area contributed by atoms with E-state index in [1.807, 2.05) is 31.2 Å². The summed E-state index contributed by atoms with van der Waals surface area (Å²) in [5.74, 6) is -1.34. The summed E-state index contributed by atoms with van der Waals surface area (Å²) in [4.78, 5) is 22.5. The summed E-state index contributed by atoms with van der Waals surface area (Å²) < 4.78 is 0. The van der Waals surface area contributed by atoms with Crippen LogP contribution in [-0.2, 0) is 16.0 Å². The number of hydrogen-bond donors (Lipinski definition) is 2. The summed E-state index contributed by atoms with van der Waals surface area (Å²) in [7, 11) is 0. The van der Waals surface area contributed by atoms with E-state index in [0.29, 0.717) is 0 Å². The lowest BCUT2D eigenvalue weighted by molar-refractivity contribution is -0.145. The molecule has 0 aliphatic heterocycles. The number of hydrogen-bond acceptors (Lipinski definition) is 2. The van der Waals surface area contributed by atoms with E-state index >= 15 is 0 Å². The molecule has 1 rings (SSSR count). The molecule has 0 aromatic heterocycles. The lowest BCUT2D eigenvalue weighted by atomic mass is 10.0. The second kappa shape index (κ2) is 4.99. The van der Waals surface area contributed by atoms with Crippen LogP contribution >= 0.6 is 0 Å². The lowest BCUT2D eigenvalue weighted by Gasteiger charge is -2.20. The largest absolute Gasteiger partial charge is 0.480 e. The number of rotatable bonds is 4. The maximum Gasteiger partial charge on any atom is 0.328 e. The van der Waals surface area contributed by atoms with Gasteiger partial charge in [-0.25, -0.2) is 4.79 Å². The number of nitrogens with one attached hydrogen (secondary N) is 1. The van der Waals surface area contributed by atoms with Crippen molar-refractivity contribution in [3.8, 4) is 0 Å². The fourth-order valence-corrected chi connectivity index (χ4v) is 1.45. The van der Waals surface area contributed by atoms with E-state index in [1.165, 1.54) is 13.8 Å². The van der Waals surface area contributed by atoms with Gasteiger partial charge in [0.15, 0.2) is 0 Å². The molecule has 0 aliphatic carbocycles. The molecule has 0 radical (unpaired) electrons. The minimum absolute atomic E-state index is 0.193. The molecule has 92 valence electrons. The molecular formula is C13H17NO3. The van der Waals surface area contributed by atoms with Crippen molar-refractivity contribution in [2.45, 2.75) is 32.7 Å². The van der Waals surface area contributed by atoms with Crippen LogP contribution in [0.5, 0.6) is 0 Å². The highest BCUT2D eigenvalue weighted by atomic mass is 16.4. The first-order valence-electron chi connectivity index (χ1n) is 5.41. The monoisotopic (exact) mass is 235 g/mol. The molecule has 0 spiro atoms. The molecule has 0 atom stereocenters. The van der Waals surface area contributed by atoms with Gasteiger partial charge in [-0.1, -0.05) is 29.8 Å². The van der Waals surface area contributed by atoms with Gasteiger partial charge in [-0.05, 0) is 26.3 Å². The van der Waals surface area contributed by atoms with E-state index in [-0.39, 0.29) is 12.3 Å². The summed E-state index contributed by atoms with van der Waals surface area (Å²) in [5, 5.41) is 11.4. The topological polar surface area (TPSA) is 66.4 Å². The number of amides is 1. The minimum atomic E-state index is -1.24. The standard InChI is InChI=1S/C13H17NO3/c1-9-5-4-6-10(7-9)8-11(15)14-13(2,3)12(16)17/h4-7H,8H2,1-3H3,(H,14,15)(H,16,17). The molecule has 1 aromatic carbocycles. The number of benzene rings is 1. The van der Waals surface area contributed by atoms with Gasteiger partial charge in [0.05, 0.1) is 6.42 Å². The third kappa shape index (κ3) is 3.90. The Hall–Kier alpha value is -1.84. The van der Waals surface area contributed by atoms with Crippen LogP contribution in [0.25, 0.3) is 0 Å². The van der Waals surface area contributed by atoms with Crippen molar-refractivity contribution in [1.29, 1.82) is 0 Å². The maximum absolute atomic E-state index is 11.7. The Morgan fingerprint density at radius 3 is 2.53 bits per heavy atom. The second-order valence-corrected chi connectivity index (χ2v) is 4.64. The van der Waals surface area contributed by atoms with E-state index in [2.05, 4.69) is 5.32 Å².